The predicted octanol–water partition coefficient (Wildman–Crippen LogP) is 2.91. The quantitative estimate of drug-likeness (QED) is 0.885. The molecule has 1 N–H and O–H groups in total. The number of hydrogen-bond acceptors (Lipinski definition) is 6. The normalized spacial score (nSPS) is 15.5. The van der Waals surface area contributed by atoms with Crippen molar-refractivity contribution < 1.29 is 0 Å². The molecule has 0 aliphatic heterocycles. The number of nitrogens with zero attached hydrogens (tertiary/aromatic N) is 5. The summed E-state index contributed by atoms with van der Waals surface area (Å²) in [5.41, 5.74) is 0. The molecule has 6 nitrogen and oxygen atoms in total. The SMILES string of the molecule is CCCNc1nc(SC2CCCC2)nc(-n2ccnc2)n1. The Labute approximate surface area is 128 Å². The van der Waals surface area contributed by atoms with Crippen LogP contribution in [0.5, 0.6) is 0 Å². The van der Waals surface area contributed by atoms with Crippen molar-refractivity contribution in [1.29, 1.82) is 0 Å². The Kier molecular flexibility index (Phi) is 4.69. The molecule has 112 valence electrons. The van der Waals surface area contributed by atoms with Crippen LogP contribution in [0.25, 0.3) is 5.95 Å². The first kappa shape index (κ1) is 14.3. The molecule has 1 aliphatic rings. The van der Waals surface area contributed by atoms with E-state index in [1.54, 1.807) is 24.3 Å². The van der Waals surface area contributed by atoms with E-state index in [0.29, 0.717) is 17.1 Å². The molecule has 3 rings (SSSR count). The zero-order valence-corrected chi connectivity index (χ0v) is 13.0. The number of thioether (sulfide) groups is 1. The van der Waals surface area contributed by atoms with Crippen molar-refractivity contribution in [2.45, 2.75) is 49.4 Å². The molecule has 0 radical (unpaired) electrons. The molecule has 7 heteroatoms. The highest BCUT2D eigenvalue weighted by Gasteiger charge is 2.19. The molecule has 0 amide bonds. The number of nitrogens with one attached hydrogen (secondary N) is 1. The first-order chi connectivity index (χ1) is 10.3. The van der Waals surface area contributed by atoms with Crippen molar-refractivity contribution >= 4 is 17.7 Å². The van der Waals surface area contributed by atoms with Crippen LogP contribution in [0.1, 0.15) is 39.0 Å². The lowest BCUT2D eigenvalue weighted by atomic mass is 10.4. The van der Waals surface area contributed by atoms with Crippen molar-refractivity contribution in [2.24, 2.45) is 0 Å². The zero-order chi connectivity index (χ0) is 14.5. The van der Waals surface area contributed by atoms with Gasteiger partial charge >= 0.3 is 0 Å². The molecule has 2 aromatic rings. The summed E-state index contributed by atoms with van der Waals surface area (Å²) < 4.78 is 1.82. The molecule has 0 aromatic carbocycles. The highest BCUT2D eigenvalue weighted by molar-refractivity contribution is 7.99. The molecule has 1 aliphatic carbocycles. The summed E-state index contributed by atoms with van der Waals surface area (Å²) in [5.74, 6) is 1.28. The van der Waals surface area contributed by atoms with Gasteiger partial charge in [0.2, 0.25) is 11.9 Å². The third kappa shape index (κ3) is 3.72. The smallest absolute Gasteiger partial charge is 0.240 e. The van der Waals surface area contributed by atoms with Crippen molar-refractivity contribution in [1.82, 2.24) is 24.5 Å². The average Bonchev–Trinajstić information content (AvgIpc) is 3.18. The van der Waals surface area contributed by atoms with Gasteiger partial charge in [-0.25, -0.2) is 4.98 Å². The van der Waals surface area contributed by atoms with E-state index in [1.165, 1.54) is 25.7 Å². The summed E-state index contributed by atoms with van der Waals surface area (Å²) >= 11 is 1.77. The topological polar surface area (TPSA) is 68.5 Å². The fraction of sp³-hybridized carbons (Fsp3) is 0.571. The average molecular weight is 304 g/mol. The van der Waals surface area contributed by atoms with Gasteiger partial charge < -0.3 is 5.32 Å². The molecule has 0 atom stereocenters. The molecule has 0 bridgehead atoms. The van der Waals surface area contributed by atoms with E-state index in [1.807, 2.05) is 10.8 Å². The predicted molar refractivity (Wildman–Crippen MR) is 83.8 cm³/mol. The summed E-state index contributed by atoms with van der Waals surface area (Å²) in [7, 11) is 0. The lowest BCUT2D eigenvalue weighted by Gasteiger charge is -2.11. The van der Waals surface area contributed by atoms with E-state index in [9.17, 15) is 0 Å². The second-order valence-corrected chi connectivity index (χ2v) is 6.43. The highest BCUT2D eigenvalue weighted by Crippen LogP contribution is 2.33. The first-order valence-corrected chi connectivity index (χ1v) is 8.38. The Morgan fingerprint density at radius 3 is 2.86 bits per heavy atom. The monoisotopic (exact) mass is 304 g/mol. The van der Waals surface area contributed by atoms with Crippen molar-refractivity contribution in [3.63, 3.8) is 0 Å². The van der Waals surface area contributed by atoms with Crippen LogP contribution in [-0.4, -0.2) is 36.3 Å². The number of imidazole rings is 1. The van der Waals surface area contributed by atoms with Crippen LogP contribution < -0.4 is 5.32 Å². The fourth-order valence-corrected chi connectivity index (χ4v) is 3.50. The summed E-state index contributed by atoms with van der Waals surface area (Å²) in [6.07, 6.45) is 11.5. The van der Waals surface area contributed by atoms with Gasteiger partial charge in [0.1, 0.15) is 6.33 Å². The van der Waals surface area contributed by atoms with Crippen LogP contribution in [0.2, 0.25) is 0 Å². The van der Waals surface area contributed by atoms with Gasteiger partial charge in [0.15, 0.2) is 5.16 Å². The van der Waals surface area contributed by atoms with E-state index >= 15 is 0 Å². The van der Waals surface area contributed by atoms with Gasteiger partial charge in [0.25, 0.3) is 0 Å². The van der Waals surface area contributed by atoms with Gasteiger partial charge in [0.05, 0.1) is 0 Å². The minimum atomic E-state index is 0.626. The molecule has 1 saturated carbocycles. The second kappa shape index (κ2) is 6.89. The lowest BCUT2D eigenvalue weighted by molar-refractivity contribution is 0.808. The standard InChI is InChI=1S/C14H20N6S/c1-2-7-16-12-17-13(20-9-8-15-10-20)19-14(18-12)21-11-5-3-4-6-11/h8-11H,2-7H2,1H3,(H,16,17,18,19). The number of aromatic nitrogens is 5. The van der Waals surface area contributed by atoms with E-state index in [-0.39, 0.29) is 0 Å². The summed E-state index contributed by atoms with van der Waals surface area (Å²) in [5, 5.41) is 4.70. The van der Waals surface area contributed by atoms with Crippen LogP contribution in [-0.2, 0) is 0 Å². The molecule has 21 heavy (non-hydrogen) atoms. The molecule has 0 unspecified atom stereocenters. The van der Waals surface area contributed by atoms with Gasteiger partial charge in [-0.2, -0.15) is 15.0 Å². The maximum atomic E-state index is 4.57. The summed E-state index contributed by atoms with van der Waals surface area (Å²) in [6, 6.07) is 0. The number of hydrogen-bond donors (Lipinski definition) is 1. The Hall–Kier alpha value is -1.63. The van der Waals surface area contributed by atoms with Crippen molar-refractivity contribution in [3.8, 4) is 5.95 Å². The van der Waals surface area contributed by atoms with Crippen molar-refractivity contribution in [3.05, 3.63) is 18.7 Å². The molecule has 0 saturated heterocycles. The van der Waals surface area contributed by atoms with Gasteiger partial charge in [-0.05, 0) is 19.3 Å². The minimum Gasteiger partial charge on any atom is -0.354 e. The molecule has 2 heterocycles. The highest BCUT2D eigenvalue weighted by atomic mass is 32.2. The Morgan fingerprint density at radius 1 is 1.29 bits per heavy atom. The van der Waals surface area contributed by atoms with E-state index < -0.39 is 0 Å². The maximum Gasteiger partial charge on any atom is 0.240 e. The van der Waals surface area contributed by atoms with Gasteiger partial charge in [-0.15, -0.1) is 0 Å². The van der Waals surface area contributed by atoms with E-state index in [4.69, 9.17) is 0 Å². The number of anilines is 1. The van der Waals surface area contributed by atoms with E-state index in [0.717, 1.165) is 18.1 Å². The van der Waals surface area contributed by atoms with Gasteiger partial charge in [-0.1, -0.05) is 31.5 Å². The second-order valence-electron chi connectivity index (χ2n) is 5.16. The largest absolute Gasteiger partial charge is 0.354 e. The van der Waals surface area contributed by atoms with Crippen LogP contribution in [0, 0.1) is 0 Å². The van der Waals surface area contributed by atoms with Crippen LogP contribution in [0.15, 0.2) is 23.9 Å². The van der Waals surface area contributed by atoms with E-state index in [2.05, 4.69) is 32.2 Å². The van der Waals surface area contributed by atoms with Crippen LogP contribution in [0.4, 0.5) is 5.95 Å². The molecular weight excluding hydrogens is 284 g/mol. The third-order valence-corrected chi connectivity index (χ3v) is 4.64. The molecule has 0 spiro atoms. The van der Waals surface area contributed by atoms with Crippen LogP contribution in [0.3, 0.4) is 0 Å². The maximum absolute atomic E-state index is 4.57. The first-order valence-electron chi connectivity index (χ1n) is 7.50. The number of rotatable bonds is 6. The van der Waals surface area contributed by atoms with Gasteiger partial charge in [-0.3, -0.25) is 4.57 Å². The lowest BCUT2D eigenvalue weighted by Crippen LogP contribution is -2.10. The third-order valence-electron chi connectivity index (χ3n) is 3.45. The minimum absolute atomic E-state index is 0.626. The summed E-state index contributed by atoms with van der Waals surface area (Å²) in [6.45, 7) is 2.99. The Balaban J connectivity index is 1.84. The fourth-order valence-electron chi connectivity index (χ4n) is 2.36. The molecule has 2 aromatic heterocycles. The summed E-state index contributed by atoms with van der Waals surface area (Å²) in [4.78, 5) is 17.6. The Morgan fingerprint density at radius 2 is 2.14 bits per heavy atom. The Bertz CT molecular complexity index is 565. The molecule has 1 fully saturated rings. The van der Waals surface area contributed by atoms with Crippen molar-refractivity contribution in [2.75, 3.05) is 11.9 Å². The zero-order valence-electron chi connectivity index (χ0n) is 12.2. The van der Waals surface area contributed by atoms with Gasteiger partial charge in [0, 0.05) is 24.2 Å². The molecular formula is C14H20N6S. The van der Waals surface area contributed by atoms with Crippen LogP contribution >= 0.6 is 11.8 Å².